The maximum Gasteiger partial charge on any atom is 0.120 e. The van der Waals surface area contributed by atoms with Crippen molar-refractivity contribution in [2.45, 2.75) is 19.4 Å². The van der Waals surface area contributed by atoms with E-state index < -0.39 is 0 Å². The van der Waals surface area contributed by atoms with Crippen molar-refractivity contribution in [3.63, 3.8) is 0 Å². The molecule has 0 aromatic heterocycles. The largest absolute Gasteiger partial charge is 0.508 e. The number of aromatic hydroxyl groups is 1. The summed E-state index contributed by atoms with van der Waals surface area (Å²) >= 11 is 0. The Morgan fingerprint density at radius 1 is 1.55 bits per heavy atom. The molecule has 0 unspecified atom stereocenters. The molecule has 0 aliphatic carbocycles. The first kappa shape index (κ1) is 6.53. The number of hydrogen-bond acceptors (Lipinski definition) is 2. The van der Waals surface area contributed by atoms with Gasteiger partial charge < -0.3 is 10.4 Å². The first-order valence-electron chi connectivity index (χ1n) is 3.85. The second kappa shape index (κ2) is 2.16. The molecule has 58 valence electrons. The highest BCUT2D eigenvalue weighted by Gasteiger charge is 2.18. The van der Waals surface area contributed by atoms with Crippen molar-refractivity contribution in [1.82, 2.24) is 0 Å². The summed E-state index contributed by atoms with van der Waals surface area (Å²) in [5.74, 6) is 0.416. The summed E-state index contributed by atoms with van der Waals surface area (Å²) < 4.78 is 0. The molecule has 1 atom stereocenters. The summed E-state index contributed by atoms with van der Waals surface area (Å²) in [5.41, 5.74) is 2.14. The van der Waals surface area contributed by atoms with E-state index in [2.05, 4.69) is 12.2 Å². The minimum Gasteiger partial charge on any atom is -0.508 e. The number of nitrogens with one attached hydrogen (secondary N) is 1. The fourth-order valence-electron chi connectivity index (χ4n) is 1.55. The lowest BCUT2D eigenvalue weighted by Crippen LogP contribution is -2.08. The lowest BCUT2D eigenvalue weighted by Gasteiger charge is -2.00. The number of benzene rings is 1. The van der Waals surface area contributed by atoms with E-state index in [-0.39, 0.29) is 0 Å². The molecular formula is C9H11NO. The number of phenols is 1. The van der Waals surface area contributed by atoms with Gasteiger partial charge in [0.1, 0.15) is 5.75 Å². The van der Waals surface area contributed by atoms with E-state index in [9.17, 15) is 5.11 Å². The number of anilines is 1. The van der Waals surface area contributed by atoms with Gasteiger partial charge in [0.05, 0.1) is 0 Å². The van der Waals surface area contributed by atoms with Crippen LogP contribution in [0.5, 0.6) is 5.75 Å². The fourth-order valence-corrected chi connectivity index (χ4v) is 1.55. The van der Waals surface area contributed by atoms with Gasteiger partial charge in [-0.3, -0.25) is 0 Å². The normalized spacial score (nSPS) is 21.0. The topological polar surface area (TPSA) is 32.3 Å². The first-order valence-corrected chi connectivity index (χ1v) is 3.85. The van der Waals surface area contributed by atoms with Crippen molar-refractivity contribution in [3.8, 4) is 5.75 Å². The second-order valence-electron chi connectivity index (χ2n) is 3.05. The van der Waals surface area contributed by atoms with Gasteiger partial charge in [-0.25, -0.2) is 0 Å². The minimum absolute atomic E-state index is 0.416. The van der Waals surface area contributed by atoms with Gasteiger partial charge in [-0.1, -0.05) is 6.07 Å². The molecule has 1 aromatic carbocycles. The zero-order valence-electron chi connectivity index (χ0n) is 6.46. The van der Waals surface area contributed by atoms with Gasteiger partial charge in [0.15, 0.2) is 0 Å². The third-order valence-electron chi connectivity index (χ3n) is 2.06. The van der Waals surface area contributed by atoms with Gasteiger partial charge in [-0.05, 0) is 25.5 Å². The highest BCUT2D eigenvalue weighted by atomic mass is 16.3. The van der Waals surface area contributed by atoms with Crippen LogP contribution >= 0.6 is 0 Å². The Morgan fingerprint density at radius 3 is 3.09 bits per heavy atom. The molecule has 1 heterocycles. The Balaban J connectivity index is 2.49. The Bertz CT molecular complexity index is 283. The number of rotatable bonds is 0. The molecule has 1 aromatic rings. The van der Waals surface area contributed by atoms with Crippen molar-refractivity contribution in [1.29, 1.82) is 0 Å². The van der Waals surface area contributed by atoms with Crippen LogP contribution in [0.4, 0.5) is 5.69 Å². The average molecular weight is 149 g/mol. The molecule has 0 fully saturated rings. The van der Waals surface area contributed by atoms with Crippen molar-refractivity contribution >= 4 is 5.69 Å². The van der Waals surface area contributed by atoms with Gasteiger partial charge in [0.2, 0.25) is 0 Å². The van der Waals surface area contributed by atoms with E-state index >= 15 is 0 Å². The van der Waals surface area contributed by atoms with Crippen LogP contribution in [0, 0.1) is 0 Å². The van der Waals surface area contributed by atoms with Crippen molar-refractivity contribution < 1.29 is 5.11 Å². The predicted octanol–water partition coefficient (Wildman–Crippen LogP) is 1.75. The Hall–Kier alpha value is -1.18. The summed E-state index contributed by atoms with van der Waals surface area (Å²) in [5, 5.41) is 12.7. The number of fused-ring (bicyclic) bond motifs is 1. The number of hydrogen-bond donors (Lipinski definition) is 2. The minimum atomic E-state index is 0.416. The van der Waals surface area contributed by atoms with E-state index in [0.29, 0.717) is 11.8 Å². The van der Waals surface area contributed by atoms with Gasteiger partial charge in [0.25, 0.3) is 0 Å². The molecule has 0 radical (unpaired) electrons. The Labute approximate surface area is 65.9 Å². The highest BCUT2D eigenvalue weighted by molar-refractivity contribution is 5.61. The summed E-state index contributed by atoms with van der Waals surface area (Å²) in [6.07, 6.45) is 0.933. The standard InChI is InChI=1S/C9H11NO/c1-6-5-7-8(10-6)3-2-4-9(7)11/h2-4,6,10-11H,5H2,1H3/t6-/m1/s1. The quantitative estimate of drug-likeness (QED) is 0.589. The molecule has 2 N–H and O–H groups in total. The van der Waals surface area contributed by atoms with Crippen LogP contribution in [-0.4, -0.2) is 11.1 Å². The van der Waals surface area contributed by atoms with Crippen molar-refractivity contribution in [3.05, 3.63) is 23.8 Å². The zero-order chi connectivity index (χ0) is 7.84. The molecule has 1 aliphatic heterocycles. The van der Waals surface area contributed by atoms with Gasteiger partial charge in [-0.15, -0.1) is 0 Å². The van der Waals surface area contributed by atoms with Crippen LogP contribution in [0.3, 0.4) is 0 Å². The van der Waals surface area contributed by atoms with Crippen molar-refractivity contribution in [2.75, 3.05) is 5.32 Å². The molecule has 2 nitrogen and oxygen atoms in total. The predicted molar refractivity (Wildman–Crippen MR) is 44.9 cm³/mol. The molecule has 11 heavy (non-hydrogen) atoms. The number of phenolic OH excluding ortho intramolecular Hbond substituents is 1. The van der Waals surface area contributed by atoms with Crippen LogP contribution in [0.25, 0.3) is 0 Å². The Kier molecular flexibility index (Phi) is 1.28. The molecule has 0 amide bonds. The zero-order valence-corrected chi connectivity index (χ0v) is 6.46. The van der Waals surface area contributed by atoms with Gasteiger partial charge in [-0.2, -0.15) is 0 Å². The first-order chi connectivity index (χ1) is 5.27. The van der Waals surface area contributed by atoms with Crippen LogP contribution in [0.15, 0.2) is 18.2 Å². The van der Waals surface area contributed by atoms with Crippen LogP contribution in [0.2, 0.25) is 0 Å². The maximum absolute atomic E-state index is 9.41. The molecule has 0 saturated heterocycles. The van der Waals surface area contributed by atoms with E-state index in [1.54, 1.807) is 6.07 Å². The smallest absolute Gasteiger partial charge is 0.120 e. The van der Waals surface area contributed by atoms with Crippen LogP contribution in [0.1, 0.15) is 12.5 Å². The molecule has 0 spiro atoms. The third kappa shape index (κ3) is 0.946. The lowest BCUT2D eigenvalue weighted by molar-refractivity contribution is 0.469. The van der Waals surface area contributed by atoms with E-state index in [4.69, 9.17) is 0 Å². The fraction of sp³-hybridized carbons (Fsp3) is 0.333. The molecule has 0 saturated carbocycles. The molecular weight excluding hydrogens is 138 g/mol. The van der Waals surface area contributed by atoms with E-state index in [1.165, 1.54) is 0 Å². The molecule has 2 heteroatoms. The van der Waals surface area contributed by atoms with Crippen LogP contribution < -0.4 is 5.32 Å². The second-order valence-corrected chi connectivity index (χ2v) is 3.05. The third-order valence-corrected chi connectivity index (χ3v) is 2.06. The molecule has 1 aliphatic rings. The summed E-state index contributed by atoms with van der Waals surface area (Å²) in [4.78, 5) is 0. The average Bonchev–Trinajstić information content (AvgIpc) is 2.31. The maximum atomic E-state index is 9.41. The van der Waals surface area contributed by atoms with Gasteiger partial charge in [0, 0.05) is 17.3 Å². The SMILES string of the molecule is C[C@@H]1Cc2c(O)cccc2N1. The van der Waals surface area contributed by atoms with Crippen LogP contribution in [-0.2, 0) is 6.42 Å². The molecule has 2 rings (SSSR count). The lowest BCUT2D eigenvalue weighted by atomic mass is 10.1. The highest BCUT2D eigenvalue weighted by Crippen LogP contribution is 2.32. The summed E-state index contributed by atoms with van der Waals surface area (Å²) in [6, 6.07) is 6.05. The Morgan fingerprint density at radius 2 is 2.36 bits per heavy atom. The monoisotopic (exact) mass is 149 g/mol. The van der Waals surface area contributed by atoms with Gasteiger partial charge >= 0.3 is 0 Å². The summed E-state index contributed by atoms with van der Waals surface area (Å²) in [6.45, 7) is 2.11. The van der Waals surface area contributed by atoms with Crippen molar-refractivity contribution in [2.24, 2.45) is 0 Å². The molecule has 0 bridgehead atoms. The van der Waals surface area contributed by atoms with E-state index in [1.807, 2.05) is 12.1 Å². The van der Waals surface area contributed by atoms with E-state index in [0.717, 1.165) is 17.7 Å². The summed E-state index contributed by atoms with van der Waals surface area (Å²) in [7, 11) is 0.